The zero-order chi connectivity index (χ0) is 13.9. The van der Waals surface area contributed by atoms with Crippen molar-refractivity contribution in [2.75, 3.05) is 14.2 Å². The van der Waals surface area contributed by atoms with Crippen LogP contribution in [-0.4, -0.2) is 20.3 Å². The van der Waals surface area contributed by atoms with E-state index in [1.54, 1.807) is 14.2 Å². The Morgan fingerprint density at radius 1 is 1.28 bits per heavy atom. The molecular weight excluding hydrogens is 294 g/mol. The van der Waals surface area contributed by atoms with Gasteiger partial charge >= 0.3 is 0 Å². The molecule has 0 radical (unpaired) electrons. The van der Waals surface area contributed by atoms with Gasteiger partial charge in [0, 0.05) is 11.6 Å². The van der Waals surface area contributed by atoms with E-state index < -0.39 is 0 Å². The second-order valence-corrected chi connectivity index (χ2v) is 6.02. The second kappa shape index (κ2) is 5.93. The van der Waals surface area contributed by atoms with Gasteiger partial charge in [0.25, 0.3) is 0 Å². The highest BCUT2D eigenvalue weighted by Gasteiger charge is 2.27. The lowest BCUT2D eigenvalue weighted by Crippen LogP contribution is -2.28. The molecule has 1 unspecified atom stereocenters. The van der Waals surface area contributed by atoms with Gasteiger partial charge < -0.3 is 15.2 Å². The van der Waals surface area contributed by atoms with Crippen LogP contribution in [0.4, 0.5) is 0 Å². The van der Waals surface area contributed by atoms with Gasteiger partial charge in [0.15, 0.2) is 0 Å². The first kappa shape index (κ1) is 15.3. The maximum atomic E-state index is 5.92. The Morgan fingerprint density at radius 3 is 2.33 bits per heavy atom. The van der Waals surface area contributed by atoms with E-state index in [0.717, 1.165) is 28.0 Å². The Balaban J connectivity index is 3.28. The van der Waals surface area contributed by atoms with Crippen molar-refractivity contribution in [2.24, 2.45) is 5.73 Å². The predicted octanol–water partition coefficient (Wildman–Crippen LogP) is 3.48. The first-order chi connectivity index (χ1) is 8.33. The van der Waals surface area contributed by atoms with Crippen LogP contribution in [0.3, 0.4) is 0 Å². The first-order valence-corrected chi connectivity index (χ1v) is 6.79. The van der Waals surface area contributed by atoms with Crippen molar-refractivity contribution in [3.8, 4) is 11.5 Å². The van der Waals surface area contributed by atoms with Crippen LogP contribution in [0, 0.1) is 0 Å². The van der Waals surface area contributed by atoms with Crippen LogP contribution in [0.25, 0.3) is 0 Å². The van der Waals surface area contributed by atoms with E-state index in [2.05, 4.69) is 29.8 Å². The molecule has 0 saturated carbocycles. The fourth-order valence-electron chi connectivity index (χ4n) is 2.34. The van der Waals surface area contributed by atoms with Crippen molar-refractivity contribution < 1.29 is 9.47 Å². The summed E-state index contributed by atoms with van der Waals surface area (Å²) in [5.74, 6) is 1.59. The lowest BCUT2D eigenvalue weighted by molar-refractivity contribution is 0.364. The van der Waals surface area contributed by atoms with Gasteiger partial charge in [-0.1, -0.05) is 19.9 Å². The van der Waals surface area contributed by atoms with Crippen LogP contribution < -0.4 is 15.2 Å². The summed E-state index contributed by atoms with van der Waals surface area (Å²) in [7, 11) is 3.32. The molecule has 1 aromatic rings. The molecule has 0 amide bonds. The third-order valence-corrected chi connectivity index (χ3v) is 3.80. The maximum Gasteiger partial charge on any atom is 0.140 e. The van der Waals surface area contributed by atoms with Crippen molar-refractivity contribution in [2.45, 2.75) is 38.6 Å². The molecule has 0 aliphatic carbocycles. The van der Waals surface area contributed by atoms with E-state index in [1.165, 1.54) is 0 Å². The quantitative estimate of drug-likeness (QED) is 0.904. The number of halogens is 1. The average molecular weight is 316 g/mol. The highest BCUT2D eigenvalue weighted by Crippen LogP contribution is 2.43. The Bertz CT molecular complexity index is 417. The molecule has 0 heterocycles. The number of nitrogens with two attached hydrogens (primary N) is 1. The van der Waals surface area contributed by atoms with Crippen LogP contribution in [0.5, 0.6) is 11.5 Å². The van der Waals surface area contributed by atoms with E-state index >= 15 is 0 Å². The van der Waals surface area contributed by atoms with Gasteiger partial charge in [0.05, 0.1) is 14.2 Å². The minimum Gasteiger partial charge on any atom is -0.495 e. The Morgan fingerprint density at radius 2 is 1.89 bits per heavy atom. The first-order valence-electron chi connectivity index (χ1n) is 6.00. The van der Waals surface area contributed by atoms with Crippen LogP contribution in [0.1, 0.15) is 32.8 Å². The fraction of sp³-hybridized carbons (Fsp3) is 0.571. The van der Waals surface area contributed by atoms with Crippen molar-refractivity contribution in [3.63, 3.8) is 0 Å². The zero-order valence-corrected chi connectivity index (χ0v) is 13.3. The van der Waals surface area contributed by atoms with E-state index in [0.29, 0.717) is 0 Å². The van der Waals surface area contributed by atoms with Crippen LogP contribution in [0.2, 0.25) is 0 Å². The third-order valence-electron chi connectivity index (χ3n) is 3.05. The number of methoxy groups -OCH3 is 2. The largest absolute Gasteiger partial charge is 0.495 e. The van der Waals surface area contributed by atoms with Crippen molar-refractivity contribution in [1.29, 1.82) is 0 Å². The molecule has 1 aromatic carbocycles. The van der Waals surface area contributed by atoms with Gasteiger partial charge in [-0.2, -0.15) is 0 Å². The van der Waals surface area contributed by atoms with Gasteiger partial charge in [0.1, 0.15) is 16.0 Å². The highest BCUT2D eigenvalue weighted by atomic mass is 79.9. The molecular formula is C14H22BrNO2. The molecule has 18 heavy (non-hydrogen) atoms. The van der Waals surface area contributed by atoms with Crippen LogP contribution >= 0.6 is 15.9 Å². The highest BCUT2D eigenvalue weighted by molar-refractivity contribution is 9.10. The smallest absolute Gasteiger partial charge is 0.140 e. The minimum atomic E-state index is -0.0473. The van der Waals surface area contributed by atoms with Crippen molar-refractivity contribution in [1.82, 2.24) is 0 Å². The standard InChI is InChI=1S/C14H22BrNO2/c1-9(16)8-14(2,3)10-6-7-11(17-4)12(15)13(10)18-5/h6-7,9H,8,16H2,1-5H3. The Kier molecular flexibility index (Phi) is 5.05. The third kappa shape index (κ3) is 3.18. The molecule has 0 aromatic heterocycles. The van der Waals surface area contributed by atoms with Crippen LogP contribution in [0.15, 0.2) is 16.6 Å². The molecule has 1 atom stereocenters. The van der Waals surface area contributed by atoms with Crippen molar-refractivity contribution in [3.05, 3.63) is 22.2 Å². The summed E-state index contributed by atoms with van der Waals surface area (Å²) in [6.07, 6.45) is 0.891. The number of hydrogen-bond acceptors (Lipinski definition) is 3. The van der Waals surface area contributed by atoms with Gasteiger partial charge in [0.2, 0.25) is 0 Å². The number of hydrogen-bond donors (Lipinski definition) is 1. The monoisotopic (exact) mass is 315 g/mol. The number of benzene rings is 1. The van der Waals surface area contributed by atoms with Gasteiger partial charge in [-0.3, -0.25) is 0 Å². The molecule has 4 heteroatoms. The Hall–Kier alpha value is -0.740. The summed E-state index contributed by atoms with van der Waals surface area (Å²) in [4.78, 5) is 0. The Labute approximate surface area is 118 Å². The maximum absolute atomic E-state index is 5.92. The SMILES string of the molecule is COc1ccc(C(C)(C)CC(C)N)c(OC)c1Br. The summed E-state index contributed by atoms with van der Waals surface area (Å²) in [5, 5.41) is 0. The molecule has 0 aliphatic rings. The minimum absolute atomic E-state index is 0.0473. The van der Waals surface area contributed by atoms with E-state index in [4.69, 9.17) is 15.2 Å². The number of rotatable bonds is 5. The molecule has 102 valence electrons. The predicted molar refractivity (Wildman–Crippen MR) is 78.5 cm³/mol. The molecule has 2 N–H and O–H groups in total. The fourth-order valence-corrected chi connectivity index (χ4v) is 3.01. The van der Waals surface area contributed by atoms with Gasteiger partial charge in [-0.05, 0) is 40.8 Å². The molecule has 3 nitrogen and oxygen atoms in total. The van der Waals surface area contributed by atoms with E-state index in [-0.39, 0.29) is 11.5 Å². The van der Waals surface area contributed by atoms with E-state index in [9.17, 15) is 0 Å². The normalized spacial score (nSPS) is 13.3. The summed E-state index contributed by atoms with van der Waals surface area (Å²) in [5.41, 5.74) is 7.01. The molecule has 0 bridgehead atoms. The molecule has 0 aliphatic heterocycles. The summed E-state index contributed by atoms with van der Waals surface area (Å²) >= 11 is 3.53. The summed E-state index contributed by atoms with van der Waals surface area (Å²) in [6.45, 7) is 6.37. The van der Waals surface area contributed by atoms with Gasteiger partial charge in [-0.25, -0.2) is 0 Å². The molecule has 0 spiro atoms. The van der Waals surface area contributed by atoms with Crippen LogP contribution in [-0.2, 0) is 5.41 Å². The second-order valence-electron chi connectivity index (χ2n) is 5.23. The summed E-state index contributed by atoms with van der Waals surface area (Å²) < 4.78 is 11.7. The number of ether oxygens (including phenoxy) is 2. The van der Waals surface area contributed by atoms with Gasteiger partial charge in [-0.15, -0.1) is 0 Å². The summed E-state index contributed by atoms with van der Waals surface area (Å²) in [6, 6.07) is 4.14. The lowest BCUT2D eigenvalue weighted by atomic mass is 9.79. The van der Waals surface area contributed by atoms with E-state index in [1.807, 2.05) is 19.1 Å². The lowest BCUT2D eigenvalue weighted by Gasteiger charge is -2.29. The van der Waals surface area contributed by atoms with Crippen molar-refractivity contribution >= 4 is 15.9 Å². The zero-order valence-electron chi connectivity index (χ0n) is 11.7. The molecule has 0 fully saturated rings. The topological polar surface area (TPSA) is 44.5 Å². The molecule has 1 rings (SSSR count). The molecule has 0 saturated heterocycles. The average Bonchev–Trinajstić information content (AvgIpc) is 2.26.